The maximum atomic E-state index is 12.9. The summed E-state index contributed by atoms with van der Waals surface area (Å²) in [7, 11) is -2.61. The Bertz CT molecular complexity index is 657. The number of benzene rings is 2. The molecule has 0 fully saturated rings. The molecule has 4 heteroatoms. The molecule has 1 unspecified atom stereocenters. The predicted molar refractivity (Wildman–Crippen MR) is 86.9 cm³/mol. The van der Waals surface area contributed by atoms with E-state index in [1.54, 1.807) is 0 Å². The third kappa shape index (κ3) is 3.20. The molecule has 0 aromatic heterocycles. The molecule has 21 heavy (non-hydrogen) atoms. The summed E-state index contributed by atoms with van der Waals surface area (Å²) in [5.74, 6) is 0. The fourth-order valence-corrected chi connectivity index (χ4v) is 5.16. The van der Waals surface area contributed by atoms with Crippen LogP contribution in [0.3, 0.4) is 0 Å². The molecule has 1 atom stereocenters. The third-order valence-corrected chi connectivity index (χ3v) is 6.03. The lowest BCUT2D eigenvalue weighted by Gasteiger charge is -2.35. The molecule has 0 N–H and O–H groups in total. The molecule has 0 radical (unpaired) electrons. The van der Waals surface area contributed by atoms with Gasteiger partial charge in [-0.2, -0.15) is 0 Å². The van der Waals surface area contributed by atoms with E-state index in [1.807, 2.05) is 37.3 Å². The maximum Gasteiger partial charge on any atom is 0.226 e. The van der Waals surface area contributed by atoms with Gasteiger partial charge >= 0.3 is 0 Å². The summed E-state index contributed by atoms with van der Waals surface area (Å²) in [4.78, 5) is 2.19. The Labute approximate surface area is 126 Å². The average molecular weight is 301 g/mol. The summed E-state index contributed by atoms with van der Waals surface area (Å²) in [5.41, 5.74) is 3.52. The number of fused-ring (bicyclic) bond motifs is 1. The number of hydrogen-bond acceptors (Lipinski definition) is 3. The zero-order valence-electron chi connectivity index (χ0n) is 12.2. The molecule has 0 saturated carbocycles. The summed E-state index contributed by atoms with van der Waals surface area (Å²) in [6, 6.07) is 18.5. The molecule has 0 bridgehead atoms. The Morgan fingerprint density at radius 2 is 1.81 bits per heavy atom. The highest BCUT2D eigenvalue weighted by molar-refractivity contribution is 7.58. The number of anilines is 1. The molecule has 0 spiro atoms. The van der Waals surface area contributed by atoms with Crippen molar-refractivity contribution in [2.24, 2.45) is 0 Å². The van der Waals surface area contributed by atoms with Crippen LogP contribution in [0.1, 0.15) is 18.1 Å². The van der Waals surface area contributed by atoms with Gasteiger partial charge in [0.25, 0.3) is 0 Å². The SMILES string of the molecule is CCOP1(=O)Cc2ccccc2N(Cc2ccccc2)C1. The molecule has 3 nitrogen and oxygen atoms in total. The fourth-order valence-electron chi connectivity index (χ4n) is 2.86. The van der Waals surface area contributed by atoms with E-state index in [2.05, 4.69) is 29.2 Å². The zero-order chi connectivity index (χ0) is 14.7. The highest BCUT2D eigenvalue weighted by atomic mass is 31.2. The van der Waals surface area contributed by atoms with Gasteiger partial charge in [-0.25, -0.2) is 0 Å². The second kappa shape index (κ2) is 6.05. The second-order valence-corrected chi connectivity index (χ2v) is 7.83. The summed E-state index contributed by atoms with van der Waals surface area (Å²) < 4.78 is 18.5. The van der Waals surface area contributed by atoms with E-state index < -0.39 is 7.37 Å². The largest absolute Gasteiger partial charge is 0.357 e. The van der Waals surface area contributed by atoms with Crippen LogP contribution < -0.4 is 4.90 Å². The van der Waals surface area contributed by atoms with Crippen molar-refractivity contribution in [2.45, 2.75) is 19.6 Å². The van der Waals surface area contributed by atoms with E-state index in [9.17, 15) is 4.57 Å². The van der Waals surface area contributed by atoms with Crippen LogP contribution in [0.15, 0.2) is 54.6 Å². The first-order valence-corrected chi connectivity index (χ1v) is 9.29. The maximum absolute atomic E-state index is 12.9. The van der Waals surface area contributed by atoms with Crippen LogP contribution in [0.25, 0.3) is 0 Å². The van der Waals surface area contributed by atoms with Crippen molar-refractivity contribution in [3.8, 4) is 0 Å². The van der Waals surface area contributed by atoms with Gasteiger partial charge in [0.05, 0.1) is 19.1 Å². The first-order chi connectivity index (χ1) is 10.2. The van der Waals surface area contributed by atoms with Crippen molar-refractivity contribution in [3.63, 3.8) is 0 Å². The molecular weight excluding hydrogens is 281 g/mol. The molecule has 1 aliphatic rings. The fraction of sp³-hybridized carbons (Fsp3) is 0.294. The first-order valence-electron chi connectivity index (χ1n) is 7.29. The molecule has 1 heterocycles. The van der Waals surface area contributed by atoms with Gasteiger partial charge < -0.3 is 9.42 Å². The van der Waals surface area contributed by atoms with Crippen molar-refractivity contribution in [1.29, 1.82) is 0 Å². The zero-order valence-corrected chi connectivity index (χ0v) is 13.1. The summed E-state index contributed by atoms with van der Waals surface area (Å²) >= 11 is 0. The van der Waals surface area contributed by atoms with Gasteiger partial charge in [-0.15, -0.1) is 0 Å². The predicted octanol–water partition coefficient (Wildman–Crippen LogP) is 4.48. The summed E-state index contributed by atoms with van der Waals surface area (Å²) in [5, 5.41) is 0. The van der Waals surface area contributed by atoms with E-state index in [4.69, 9.17) is 4.52 Å². The molecule has 0 saturated heterocycles. The molecule has 1 aliphatic heterocycles. The Morgan fingerprint density at radius 3 is 2.57 bits per heavy atom. The van der Waals surface area contributed by atoms with Crippen molar-refractivity contribution < 1.29 is 9.09 Å². The van der Waals surface area contributed by atoms with E-state index in [-0.39, 0.29) is 0 Å². The van der Waals surface area contributed by atoms with Gasteiger partial charge in [0.15, 0.2) is 0 Å². The van der Waals surface area contributed by atoms with Crippen LogP contribution in [-0.4, -0.2) is 12.9 Å². The molecule has 0 aliphatic carbocycles. The van der Waals surface area contributed by atoms with Crippen LogP contribution in [0, 0.1) is 0 Å². The Morgan fingerprint density at radius 1 is 1.10 bits per heavy atom. The highest BCUT2D eigenvalue weighted by Crippen LogP contribution is 2.56. The van der Waals surface area contributed by atoms with Gasteiger partial charge in [0.1, 0.15) is 0 Å². The number of rotatable bonds is 4. The van der Waals surface area contributed by atoms with E-state index in [0.29, 0.717) is 19.1 Å². The lowest BCUT2D eigenvalue weighted by molar-refractivity contribution is 0.330. The number of hydrogen-bond donors (Lipinski definition) is 0. The smallest absolute Gasteiger partial charge is 0.226 e. The number of nitrogens with zero attached hydrogens (tertiary/aromatic N) is 1. The van der Waals surface area contributed by atoms with Gasteiger partial charge in [0, 0.05) is 12.2 Å². The van der Waals surface area contributed by atoms with Crippen LogP contribution in [0.5, 0.6) is 0 Å². The Kier molecular flexibility index (Phi) is 4.14. The lowest BCUT2D eigenvalue weighted by atomic mass is 10.1. The van der Waals surface area contributed by atoms with Crippen LogP contribution >= 0.6 is 7.37 Å². The molecule has 3 rings (SSSR count). The van der Waals surface area contributed by atoms with Gasteiger partial charge in [-0.05, 0) is 24.1 Å². The van der Waals surface area contributed by atoms with Gasteiger partial charge in [0.2, 0.25) is 7.37 Å². The third-order valence-electron chi connectivity index (χ3n) is 3.71. The van der Waals surface area contributed by atoms with Crippen molar-refractivity contribution in [3.05, 3.63) is 65.7 Å². The standard InChI is InChI=1S/C17H20NO2P/c1-2-20-21(19)13-16-10-6-7-11-17(16)18(14-21)12-15-8-4-3-5-9-15/h3-11H,2,12-14H2,1H3. The molecule has 0 amide bonds. The van der Waals surface area contributed by atoms with Crippen molar-refractivity contribution in [1.82, 2.24) is 0 Å². The Hall–Kier alpha value is -1.57. The minimum Gasteiger partial charge on any atom is -0.357 e. The summed E-state index contributed by atoms with van der Waals surface area (Å²) in [6.45, 7) is 3.16. The normalized spacial score (nSPS) is 21.1. The van der Waals surface area contributed by atoms with E-state index in [0.717, 1.165) is 12.1 Å². The van der Waals surface area contributed by atoms with Crippen LogP contribution in [0.4, 0.5) is 5.69 Å². The monoisotopic (exact) mass is 301 g/mol. The average Bonchev–Trinajstić information content (AvgIpc) is 2.48. The van der Waals surface area contributed by atoms with Crippen molar-refractivity contribution in [2.75, 3.05) is 17.8 Å². The van der Waals surface area contributed by atoms with Crippen molar-refractivity contribution >= 4 is 13.1 Å². The Balaban J connectivity index is 1.93. The van der Waals surface area contributed by atoms with Crippen LogP contribution in [0.2, 0.25) is 0 Å². The molecular formula is C17H20NO2P. The van der Waals surface area contributed by atoms with E-state index >= 15 is 0 Å². The molecule has 2 aromatic rings. The van der Waals surface area contributed by atoms with Gasteiger partial charge in [-0.1, -0.05) is 48.5 Å². The molecule has 110 valence electrons. The topological polar surface area (TPSA) is 29.5 Å². The quantitative estimate of drug-likeness (QED) is 0.780. The minimum atomic E-state index is -2.61. The van der Waals surface area contributed by atoms with Crippen LogP contribution in [-0.2, 0) is 21.8 Å². The summed E-state index contributed by atoms with van der Waals surface area (Å²) in [6.07, 6.45) is 1.04. The minimum absolute atomic E-state index is 0.493. The number of para-hydroxylation sites is 1. The van der Waals surface area contributed by atoms with Gasteiger partial charge in [-0.3, -0.25) is 4.57 Å². The second-order valence-electron chi connectivity index (χ2n) is 5.34. The highest BCUT2D eigenvalue weighted by Gasteiger charge is 2.33. The van der Waals surface area contributed by atoms with E-state index in [1.165, 1.54) is 11.3 Å². The lowest BCUT2D eigenvalue weighted by Crippen LogP contribution is -2.29. The molecule has 2 aromatic carbocycles. The first kappa shape index (κ1) is 14.4.